The number of fused-ring (bicyclic) bond motifs is 1. The van der Waals surface area contributed by atoms with E-state index < -0.39 is 0 Å². The molecule has 0 N–H and O–H groups in total. The summed E-state index contributed by atoms with van der Waals surface area (Å²) in [6.45, 7) is 7.17. The van der Waals surface area contributed by atoms with E-state index in [2.05, 4.69) is 13.8 Å². The lowest BCUT2D eigenvalue weighted by Gasteiger charge is -2.14. The summed E-state index contributed by atoms with van der Waals surface area (Å²) in [6.07, 6.45) is 4.17. The molecule has 0 saturated heterocycles. The summed E-state index contributed by atoms with van der Waals surface area (Å²) in [4.78, 5) is 11.9. The van der Waals surface area contributed by atoms with Crippen LogP contribution in [0.4, 0.5) is 0 Å². The molecule has 0 fully saturated rings. The Hall–Kier alpha value is -2.03. The summed E-state index contributed by atoms with van der Waals surface area (Å²) in [6, 6.07) is 9.80. The number of hydrogen-bond donors (Lipinski definition) is 0. The summed E-state index contributed by atoms with van der Waals surface area (Å²) >= 11 is 0. The van der Waals surface area contributed by atoms with Crippen LogP contribution in [0.25, 0.3) is 10.8 Å². The molecular formula is C20H26O3. The number of Topliss-reactive ketones (excluding diaryl/α,β-unsaturated/α-hetero) is 1. The number of carbonyl (C=O) groups excluding carboxylic acids is 1. The zero-order valence-corrected chi connectivity index (χ0v) is 14.4. The highest BCUT2D eigenvalue weighted by molar-refractivity contribution is 6.02. The van der Waals surface area contributed by atoms with E-state index in [0.29, 0.717) is 24.5 Å². The first-order valence-electron chi connectivity index (χ1n) is 8.50. The highest BCUT2D eigenvalue weighted by Crippen LogP contribution is 2.32. The van der Waals surface area contributed by atoms with Crippen LogP contribution in [0, 0.1) is 0 Å². The third kappa shape index (κ3) is 4.47. The SMILES string of the molecule is CCCCOc1cc2c(OCCCC)cccc2cc1C(C)=O. The molecule has 2 aromatic carbocycles. The van der Waals surface area contributed by atoms with Crippen molar-refractivity contribution in [2.75, 3.05) is 13.2 Å². The minimum atomic E-state index is 0.0238. The topological polar surface area (TPSA) is 35.5 Å². The lowest BCUT2D eigenvalue weighted by Crippen LogP contribution is -2.03. The van der Waals surface area contributed by atoms with Gasteiger partial charge in [-0.15, -0.1) is 0 Å². The van der Waals surface area contributed by atoms with E-state index in [-0.39, 0.29) is 5.78 Å². The predicted octanol–water partition coefficient (Wildman–Crippen LogP) is 5.40. The second kappa shape index (κ2) is 8.56. The highest BCUT2D eigenvalue weighted by Gasteiger charge is 2.13. The molecule has 0 aliphatic carbocycles. The van der Waals surface area contributed by atoms with Crippen molar-refractivity contribution >= 4 is 16.6 Å². The molecule has 0 atom stereocenters. The van der Waals surface area contributed by atoms with Crippen LogP contribution < -0.4 is 9.47 Å². The van der Waals surface area contributed by atoms with Crippen LogP contribution in [-0.2, 0) is 0 Å². The zero-order valence-electron chi connectivity index (χ0n) is 14.4. The second-order valence-corrected chi connectivity index (χ2v) is 5.79. The van der Waals surface area contributed by atoms with Crippen molar-refractivity contribution in [3.05, 3.63) is 35.9 Å². The smallest absolute Gasteiger partial charge is 0.163 e. The fourth-order valence-corrected chi connectivity index (χ4v) is 2.45. The minimum Gasteiger partial charge on any atom is -0.493 e. The molecule has 23 heavy (non-hydrogen) atoms. The number of ether oxygens (including phenoxy) is 2. The minimum absolute atomic E-state index is 0.0238. The number of hydrogen-bond acceptors (Lipinski definition) is 3. The van der Waals surface area contributed by atoms with Crippen molar-refractivity contribution in [1.29, 1.82) is 0 Å². The Morgan fingerprint density at radius 1 is 0.957 bits per heavy atom. The van der Waals surface area contributed by atoms with Crippen molar-refractivity contribution in [2.45, 2.75) is 46.5 Å². The molecule has 0 aromatic heterocycles. The van der Waals surface area contributed by atoms with Gasteiger partial charge in [-0.25, -0.2) is 0 Å². The molecule has 0 unspecified atom stereocenters. The van der Waals surface area contributed by atoms with Crippen LogP contribution >= 0.6 is 0 Å². The fourth-order valence-electron chi connectivity index (χ4n) is 2.45. The van der Waals surface area contributed by atoms with Crippen LogP contribution in [0.15, 0.2) is 30.3 Å². The predicted molar refractivity (Wildman–Crippen MR) is 94.8 cm³/mol. The lowest BCUT2D eigenvalue weighted by molar-refractivity contribution is 0.101. The molecule has 0 saturated carbocycles. The molecule has 0 heterocycles. The molecule has 124 valence electrons. The van der Waals surface area contributed by atoms with Crippen molar-refractivity contribution in [1.82, 2.24) is 0 Å². The van der Waals surface area contributed by atoms with Crippen LogP contribution in [0.1, 0.15) is 56.8 Å². The van der Waals surface area contributed by atoms with Gasteiger partial charge < -0.3 is 9.47 Å². The molecule has 0 amide bonds. The molecule has 0 aliphatic rings. The van der Waals surface area contributed by atoms with Gasteiger partial charge in [-0.2, -0.15) is 0 Å². The fraction of sp³-hybridized carbons (Fsp3) is 0.450. The third-order valence-corrected chi connectivity index (χ3v) is 3.83. The third-order valence-electron chi connectivity index (χ3n) is 3.83. The molecule has 2 rings (SSSR count). The maximum Gasteiger partial charge on any atom is 0.163 e. The van der Waals surface area contributed by atoms with Gasteiger partial charge in [-0.1, -0.05) is 38.8 Å². The lowest BCUT2D eigenvalue weighted by atomic mass is 10.0. The largest absolute Gasteiger partial charge is 0.493 e. The summed E-state index contributed by atoms with van der Waals surface area (Å²) in [5, 5.41) is 2.01. The number of benzene rings is 2. The molecule has 0 radical (unpaired) electrons. The van der Waals surface area contributed by atoms with Gasteiger partial charge >= 0.3 is 0 Å². The van der Waals surface area contributed by atoms with E-state index in [4.69, 9.17) is 9.47 Å². The average molecular weight is 314 g/mol. The van der Waals surface area contributed by atoms with Gasteiger partial charge in [-0.3, -0.25) is 4.79 Å². The molecule has 0 spiro atoms. The maximum absolute atomic E-state index is 11.9. The van der Waals surface area contributed by atoms with E-state index in [9.17, 15) is 4.79 Å². The quantitative estimate of drug-likeness (QED) is 0.459. The van der Waals surface area contributed by atoms with Crippen LogP contribution in [0.3, 0.4) is 0 Å². The van der Waals surface area contributed by atoms with Gasteiger partial charge in [-0.05, 0) is 43.4 Å². The van der Waals surface area contributed by atoms with Crippen molar-refractivity contribution in [2.24, 2.45) is 0 Å². The van der Waals surface area contributed by atoms with Gasteiger partial charge in [0.15, 0.2) is 5.78 Å². The normalized spacial score (nSPS) is 10.7. The van der Waals surface area contributed by atoms with Crippen LogP contribution in [0.5, 0.6) is 11.5 Å². The van der Waals surface area contributed by atoms with Gasteiger partial charge in [0.05, 0.1) is 18.8 Å². The summed E-state index contributed by atoms with van der Waals surface area (Å²) in [5.41, 5.74) is 0.638. The first-order chi connectivity index (χ1) is 11.2. The van der Waals surface area contributed by atoms with Crippen molar-refractivity contribution < 1.29 is 14.3 Å². The number of carbonyl (C=O) groups is 1. The van der Waals surface area contributed by atoms with E-state index >= 15 is 0 Å². The molecule has 0 bridgehead atoms. The molecular weight excluding hydrogens is 288 g/mol. The zero-order chi connectivity index (χ0) is 16.7. The van der Waals surface area contributed by atoms with Gasteiger partial charge in [0, 0.05) is 5.39 Å². The number of ketones is 1. The highest BCUT2D eigenvalue weighted by atomic mass is 16.5. The second-order valence-electron chi connectivity index (χ2n) is 5.79. The van der Waals surface area contributed by atoms with E-state index in [1.807, 2.05) is 30.3 Å². The van der Waals surface area contributed by atoms with Crippen molar-refractivity contribution in [3.63, 3.8) is 0 Å². The van der Waals surface area contributed by atoms with E-state index in [1.54, 1.807) is 6.92 Å². The maximum atomic E-state index is 11.9. The first-order valence-corrected chi connectivity index (χ1v) is 8.50. The summed E-state index contributed by atoms with van der Waals surface area (Å²) in [5.74, 6) is 1.53. The Bertz CT molecular complexity index is 661. The first kappa shape index (κ1) is 17.3. The molecule has 3 nitrogen and oxygen atoms in total. The van der Waals surface area contributed by atoms with Gasteiger partial charge in [0.2, 0.25) is 0 Å². The Kier molecular flexibility index (Phi) is 6.45. The average Bonchev–Trinajstić information content (AvgIpc) is 2.55. The van der Waals surface area contributed by atoms with E-state index in [1.165, 1.54) is 0 Å². The number of unbranched alkanes of at least 4 members (excludes halogenated alkanes) is 2. The Morgan fingerprint density at radius 2 is 1.61 bits per heavy atom. The summed E-state index contributed by atoms with van der Waals surface area (Å²) < 4.78 is 11.8. The summed E-state index contributed by atoms with van der Waals surface area (Å²) in [7, 11) is 0. The molecule has 0 aliphatic heterocycles. The van der Waals surface area contributed by atoms with Gasteiger partial charge in [0.1, 0.15) is 11.5 Å². The van der Waals surface area contributed by atoms with E-state index in [0.717, 1.165) is 42.2 Å². The molecule has 3 heteroatoms. The standard InChI is InChI=1S/C20H26O3/c1-4-6-11-22-19-10-8-9-16-13-17(15(3)21)20(14-18(16)19)23-12-7-5-2/h8-10,13-14H,4-7,11-12H2,1-3H3. The van der Waals surface area contributed by atoms with Gasteiger partial charge in [0.25, 0.3) is 0 Å². The Labute approximate surface area is 138 Å². The molecule has 2 aromatic rings. The van der Waals surface area contributed by atoms with Crippen LogP contribution in [-0.4, -0.2) is 19.0 Å². The van der Waals surface area contributed by atoms with Crippen molar-refractivity contribution in [3.8, 4) is 11.5 Å². The Morgan fingerprint density at radius 3 is 2.22 bits per heavy atom. The monoisotopic (exact) mass is 314 g/mol. The Balaban J connectivity index is 2.39. The van der Waals surface area contributed by atoms with Crippen LogP contribution in [0.2, 0.25) is 0 Å². The number of rotatable bonds is 9.